The number of nitrogens with zero attached hydrogens (tertiary/aromatic N) is 2. The zero-order valence-electron chi connectivity index (χ0n) is 21.9. The highest BCUT2D eigenvalue weighted by atomic mass is 16.5. The third-order valence-corrected chi connectivity index (χ3v) is 6.59. The smallest absolute Gasteiger partial charge is 0.122 e. The summed E-state index contributed by atoms with van der Waals surface area (Å²) in [5.41, 5.74) is 2.19. The number of methoxy groups -OCH3 is 4. The molecule has 0 amide bonds. The van der Waals surface area contributed by atoms with Gasteiger partial charge in [0.2, 0.25) is 0 Å². The zero-order chi connectivity index (χ0) is 26.0. The van der Waals surface area contributed by atoms with Gasteiger partial charge in [0.05, 0.1) is 34.5 Å². The van der Waals surface area contributed by atoms with Gasteiger partial charge in [0.1, 0.15) is 28.4 Å². The molecule has 1 unspecified atom stereocenters. The molecule has 0 aliphatic carbocycles. The quantitative estimate of drug-likeness (QED) is 0.317. The molecular weight excluding hydrogens is 452 g/mol. The summed E-state index contributed by atoms with van der Waals surface area (Å²) < 4.78 is 21.8. The highest BCUT2D eigenvalue weighted by Crippen LogP contribution is 2.40. The molecule has 3 rings (SSSR count). The Morgan fingerprint density at radius 3 is 1.75 bits per heavy atom. The van der Waals surface area contributed by atoms with Crippen molar-refractivity contribution < 1.29 is 18.9 Å². The van der Waals surface area contributed by atoms with E-state index in [2.05, 4.69) is 18.0 Å². The number of benzene rings is 3. The van der Waals surface area contributed by atoms with Crippen molar-refractivity contribution in [1.29, 1.82) is 5.26 Å². The number of likely N-dealkylation sites (N-methyl/N-ethyl adjacent to an activating group) is 1. The van der Waals surface area contributed by atoms with Crippen molar-refractivity contribution in [3.63, 3.8) is 0 Å². The Morgan fingerprint density at radius 2 is 1.25 bits per heavy atom. The molecule has 0 radical (unpaired) electrons. The lowest BCUT2D eigenvalue weighted by atomic mass is 9.72. The molecule has 0 spiro atoms. The van der Waals surface area contributed by atoms with E-state index in [1.807, 2.05) is 66.7 Å². The summed E-state index contributed by atoms with van der Waals surface area (Å²) in [6.07, 6.45) is 2.39. The first-order valence-electron chi connectivity index (χ1n) is 12.1. The minimum atomic E-state index is -0.815. The molecule has 1 atom stereocenters. The Kier molecular flexibility index (Phi) is 9.61. The summed E-state index contributed by atoms with van der Waals surface area (Å²) in [4.78, 5) is 2.30. The minimum absolute atomic E-state index is 0.668. The maximum atomic E-state index is 10.6. The molecule has 6 nitrogen and oxygen atoms in total. The van der Waals surface area contributed by atoms with Gasteiger partial charge >= 0.3 is 0 Å². The van der Waals surface area contributed by atoms with Crippen LogP contribution in [0.4, 0.5) is 0 Å². The summed E-state index contributed by atoms with van der Waals surface area (Å²) in [7, 11) is 8.69. The van der Waals surface area contributed by atoms with E-state index in [4.69, 9.17) is 18.9 Å². The average molecular weight is 489 g/mol. The molecule has 0 bridgehead atoms. The maximum absolute atomic E-state index is 10.6. The minimum Gasteiger partial charge on any atom is -0.497 e. The van der Waals surface area contributed by atoms with Crippen molar-refractivity contribution in [2.75, 3.05) is 48.6 Å². The van der Waals surface area contributed by atoms with Gasteiger partial charge in [-0.25, -0.2) is 0 Å². The Morgan fingerprint density at radius 1 is 0.722 bits per heavy atom. The summed E-state index contributed by atoms with van der Waals surface area (Å²) in [6.45, 7) is 1.74. The molecule has 6 heteroatoms. The Hall–Kier alpha value is -3.69. The second-order valence-corrected chi connectivity index (χ2v) is 8.86. The predicted octanol–water partition coefficient (Wildman–Crippen LogP) is 5.49. The highest BCUT2D eigenvalue weighted by molar-refractivity contribution is 5.51. The molecule has 190 valence electrons. The summed E-state index contributed by atoms with van der Waals surface area (Å²) in [6, 6.07) is 24.3. The zero-order valence-corrected chi connectivity index (χ0v) is 21.9. The van der Waals surface area contributed by atoms with E-state index in [1.165, 1.54) is 0 Å². The predicted molar refractivity (Wildman–Crippen MR) is 142 cm³/mol. The number of hydrogen-bond acceptors (Lipinski definition) is 6. The van der Waals surface area contributed by atoms with E-state index in [0.29, 0.717) is 17.9 Å². The van der Waals surface area contributed by atoms with Gasteiger partial charge < -0.3 is 23.8 Å². The number of hydrogen-bond donors (Lipinski definition) is 0. The lowest BCUT2D eigenvalue weighted by molar-refractivity contribution is 0.321. The lowest BCUT2D eigenvalue weighted by Gasteiger charge is -2.29. The fourth-order valence-corrected chi connectivity index (χ4v) is 4.47. The second-order valence-electron chi connectivity index (χ2n) is 8.86. The van der Waals surface area contributed by atoms with E-state index < -0.39 is 5.41 Å². The van der Waals surface area contributed by atoms with E-state index in [1.54, 1.807) is 28.4 Å². The van der Waals surface area contributed by atoms with Crippen LogP contribution < -0.4 is 18.9 Å². The van der Waals surface area contributed by atoms with E-state index in [9.17, 15) is 5.26 Å². The Bertz CT molecular complexity index is 1110. The first-order valence-corrected chi connectivity index (χ1v) is 12.1. The van der Waals surface area contributed by atoms with Crippen LogP contribution in [0.1, 0.15) is 29.5 Å². The Labute approximate surface area is 215 Å². The van der Waals surface area contributed by atoms with Crippen LogP contribution in [0.5, 0.6) is 23.0 Å². The number of rotatable bonds is 13. The monoisotopic (exact) mass is 488 g/mol. The van der Waals surface area contributed by atoms with E-state index >= 15 is 0 Å². The summed E-state index contributed by atoms with van der Waals surface area (Å²) in [5, 5.41) is 10.6. The van der Waals surface area contributed by atoms with Crippen LogP contribution in [-0.4, -0.2) is 53.5 Å². The molecule has 0 aliphatic rings. The van der Waals surface area contributed by atoms with Crippen molar-refractivity contribution in [2.24, 2.45) is 0 Å². The van der Waals surface area contributed by atoms with Gasteiger partial charge in [0.15, 0.2) is 0 Å². The molecule has 0 saturated heterocycles. The van der Waals surface area contributed by atoms with Crippen molar-refractivity contribution in [3.05, 3.63) is 83.4 Å². The topological polar surface area (TPSA) is 64.0 Å². The van der Waals surface area contributed by atoms with Gasteiger partial charge in [-0.3, -0.25) is 0 Å². The molecule has 36 heavy (non-hydrogen) atoms. The first-order chi connectivity index (χ1) is 17.5. The summed E-state index contributed by atoms with van der Waals surface area (Å²) in [5.74, 6) is 2.93. The van der Waals surface area contributed by atoms with Crippen molar-refractivity contribution in [3.8, 4) is 29.1 Å². The van der Waals surface area contributed by atoms with Crippen molar-refractivity contribution in [2.45, 2.75) is 24.7 Å². The van der Waals surface area contributed by atoms with Gasteiger partial charge in [-0.05, 0) is 73.8 Å². The molecule has 0 heterocycles. The lowest BCUT2D eigenvalue weighted by Crippen LogP contribution is -2.29. The van der Waals surface area contributed by atoms with Crippen LogP contribution in [0, 0.1) is 11.3 Å². The van der Waals surface area contributed by atoms with Crippen LogP contribution in [-0.2, 0) is 11.8 Å². The van der Waals surface area contributed by atoms with Crippen LogP contribution >= 0.6 is 0 Å². The molecule has 3 aromatic carbocycles. The molecule has 3 aromatic rings. The van der Waals surface area contributed by atoms with Gasteiger partial charge in [-0.1, -0.05) is 30.3 Å². The molecule has 0 aromatic heterocycles. The second kappa shape index (κ2) is 12.9. The molecule has 0 aliphatic heterocycles. The summed E-state index contributed by atoms with van der Waals surface area (Å²) >= 11 is 0. The molecule has 0 saturated carbocycles. The third-order valence-electron chi connectivity index (χ3n) is 6.59. The number of nitriles is 1. The SMILES string of the molecule is COc1cc(CCN(C)CCCC(C#N)(c2ccccc2)c2cc(OC)cc(OC)c2)cc(OC)c1. The fourth-order valence-electron chi connectivity index (χ4n) is 4.47. The number of ether oxygens (including phenoxy) is 4. The fraction of sp³-hybridized carbons (Fsp3) is 0.367. The third kappa shape index (κ3) is 6.50. The van der Waals surface area contributed by atoms with Crippen LogP contribution in [0.2, 0.25) is 0 Å². The van der Waals surface area contributed by atoms with E-state index in [0.717, 1.165) is 54.1 Å². The average Bonchev–Trinajstić information content (AvgIpc) is 2.94. The van der Waals surface area contributed by atoms with Gasteiger partial charge in [0, 0.05) is 18.7 Å². The molecule has 0 N–H and O–H groups in total. The highest BCUT2D eigenvalue weighted by Gasteiger charge is 2.35. The van der Waals surface area contributed by atoms with Crippen LogP contribution in [0.25, 0.3) is 0 Å². The van der Waals surface area contributed by atoms with Crippen molar-refractivity contribution in [1.82, 2.24) is 4.90 Å². The molecular formula is C30H36N2O4. The largest absolute Gasteiger partial charge is 0.497 e. The van der Waals surface area contributed by atoms with Crippen molar-refractivity contribution >= 4 is 0 Å². The van der Waals surface area contributed by atoms with Gasteiger partial charge in [-0.2, -0.15) is 5.26 Å². The Balaban J connectivity index is 1.75. The van der Waals surface area contributed by atoms with Crippen LogP contribution in [0.3, 0.4) is 0 Å². The van der Waals surface area contributed by atoms with Gasteiger partial charge in [-0.15, -0.1) is 0 Å². The van der Waals surface area contributed by atoms with Crippen LogP contribution in [0.15, 0.2) is 66.7 Å². The first kappa shape index (κ1) is 26.9. The standard InChI is InChI=1S/C30H36N2O4/c1-32(15-12-23-16-26(33-2)20-27(17-23)34-3)14-9-13-30(22-31,24-10-7-6-8-11-24)25-18-28(35-4)21-29(19-25)36-5/h6-8,10-11,16-21H,9,12-15H2,1-5H3. The normalized spacial score (nSPS) is 12.5. The molecule has 0 fully saturated rings. The maximum Gasteiger partial charge on any atom is 0.122 e. The van der Waals surface area contributed by atoms with Gasteiger partial charge in [0.25, 0.3) is 0 Å². The van der Waals surface area contributed by atoms with E-state index in [-0.39, 0.29) is 0 Å².